The highest BCUT2D eigenvalue weighted by atomic mass is 16.7. The first-order valence-corrected chi connectivity index (χ1v) is 11.0. The van der Waals surface area contributed by atoms with E-state index in [0.29, 0.717) is 29.0 Å². The first-order chi connectivity index (χ1) is 16.9. The van der Waals surface area contributed by atoms with Crippen molar-refractivity contribution in [2.45, 2.75) is 38.1 Å². The standard InChI is InChI=1S/C24H23N5O6/c25-28-26-15-5-4-8-19(24(34)35-29-20(30)13-14-21(29)31)27-23(33)18-11-9-17(10-12-18)22(32)16-6-2-1-3-7-16/h1-3,6-7,9-12,19H,4-5,8,13-15H2,(H,27,33)/t19-/m0/s1. The summed E-state index contributed by atoms with van der Waals surface area (Å²) in [6.45, 7) is 0.214. The van der Waals surface area contributed by atoms with Gasteiger partial charge in [-0.2, -0.15) is 0 Å². The molecule has 1 heterocycles. The van der Waals surface area contributed by atoms with Crippen LogP contribution in [0, 0.1) is 0 Å². The molecule has 35 heavy (non-hydrogen) atoms. The summed E-state index contributed by atoms with van der Waals surface area (Å²) < 4.78 is 0. The zero-order chi connectivity index (χ0) is 25.2. The Morgan fingerprint density at radius 3 is 2.17 bits per heavy atom. The quantitative estimate of drug-likeness (QED) is 0.131. The molecule has 3 amide bonds. The average molecular weight is 477 g/mol. The van der Waals surface area contributed by atoms with Gasteiger partial charge in [0.05, 0.1) is 0 Å². The van der Waals surface area contributed by atoms with Gasteiger partial charge in [0, 0.05) is 41.0 Å². The molecule has 1 saturated heterocycles. The summed E-state index contributed by atoms with van der Waals surface area (Å²) in [4.78, 5) is 69.2. The number of ketones is 1. The van der Waals surface area contributed by atoms with Crippen molar-refractivity contribution in [3.05, 3.63) is 81.7 Å². The van der Waals surface area contributed by atoms with E-state index in [2.05, 4.69) is 15.3 Å². The summed E-state index contributed by atoms with van der Waals surface area (Å²) in [7, 11) is 0. The highest BCUT2D eigenvalue weighted by Gasteiger charge is 2.35. The number of imide groups is 1. The van der Waals surface area contributed by atoms with Gasteiger partial charge < -0.3 is 10.2 Å². The van der Waals surface area contributed by atoms with Crippen LogP contribution < -0.4 is 5.32 Å². The van der Waals surface area contributed by atoms with Crippen molar-refractivity contribution in [1.82, 2.24) is 10.4 Å². The first kappa shape index (κ1) is 25.1. The van der Waals surface area contributed by atoms with Gasteiger partial charge in [0.1, 0.15) is 6.04 Å². The number of hydrogen-bond donors (Lipinski definition) is 1. The third-order valence-corrected chi connectivity index (χ3v) is 5.29. The number of carbonyl (C=O) groups is 5. The number of hydroxylamine groups is 2. The molecule has 0 aromatic heterocycles. The maximum atomic E-state index is 12.8. The number of benzene rings is 2. The minimum absolute atomic E-state index is 0.0522. The van der Waals surface area contributed by atoms with E-state index in [9.17, 15) is 24.0 Å². The van der Waals surface area contributed by atoms with Crippen molar-refractivity contribution in [2.24, 2.45) is 5.11 Å². The fraction of sp³-hybridized carbons (Fsp3) is 0.292. The number of hydrogen-bond acceptors (Lipinski definition) is 7. The van der Waals surface area contributed by atoms with Gasteiger partial charge >= 0.3 is 5.97 Å². The van der Waals surface area contributed by atoms with Crippen LogP contribution in [0.2, 0.25) is 0 Å². The Bertz CT molecular complexity index is 1140. The molecule has 3 rings (SSSR count). The van der Waals surface area contributed by atoms with Gasteiger partial charge in [0.2, 0.25) is 0 Å². The Labute approximate surface area is 200 Å². The first-order valence-electron chi connectivity index (χ1n) is 11.0. The van der Waals surface area contributed by atoms with Crippen molar-refractivity contribution in [2.75, 3.05) is 6.54 Å². The van der Waals surface area contributed by atoms with Crippen molar-refractivity contribution < 1.29 is 28.8 Å². The van der Waals surface area contributed by atoms with E-state index >= 15 is 0 Å². The molecule has 11 heteroatoms. The molecule has 2 aromatic carbocycles. The van der Waals surface area contributed by atoms with Crippen LogP contribution in [0.1, 0.15) is 58.4 Å². The molecule has 1 aliphatic rings. The molecule has 0 spiro atoms. The Hall–Kier alpha value is -4.50. The van der Waals surface area contributed by atoms with Crippen molar-refractivity contribution in [3.8, 4) is 0 Å². The molecule has 0 aliphatic carbocycles. The van der Waals surface area contributed by atoms with E-state index in [1.54, 1.807) is 30.3 Å². The number of amides is 3. The Morgan fingerprint density at radius 2 is 1.54 bits per heavy atom. The van der Waals surface area contributed by atoms with Gasteiger partial charge in [-0.3, -0.25) is 19.2 Å². The van der Waals surface area contributed by atoms with Gasteiger partial charge in [-0.25, -0.2) is 4.79 Å². The Balaban J connectivity index is 1.68. The Morgan fingerprint density at radius 1 is 0.943 bits per heavy atom. The minimum atomic E-state index is -1.15. The second-order valence-corrected chi connectivity index (χ2v) is 7.74. The van der Waals surface area contributed by atoms with Crippen LogP contribution in [0.25, 0.3) is 10.4 Å². The van der Waals surface area contributed by atoms with E-state index in [-0.39, 0.29) is 37.2 Å². The third kappa shape index (κ3) is 6.75. The molecule has 1 N–H and O–H groups in total. The molecule has 0 saturated carbocycles. The predicted molar refractivity (Wildman–Crippen MR) is 123 cm³/mol. The number of unbranched alkanes of at least 4 members (excludes halogenated alkanes) is 1. The van der Waals surface area contributed by atoms with E-state index in [4.69, 9.17) is 10.4 Å². The molecular formula is C24H23N5O6. The van der Waals surface area contributed by atoms with E-state index in [1.807, 2.05) is 0 Å². The van der Waals surface area contributed by atoms with Crippen molar-refractivity contribution >= 4 is 29.5 Å². The highest BCUT2D eigenvalue weighted by molar-refractivity contribution is 6.09. The largest absolute Gasteiger partial charge is 0.355 e. The molecule has 0 bridgehead atoms. The van der Waals surface area contributed by atoms with Gasteiger partial charge in [-0.05, 0) is 30.5 Å². The lowest BCUT2D eigenvalue weighted by atomic mass is 10.0. The normalized spacial score (nSPS) is 13.7. The van der Waals surface area contributed by atoms with Crippen LogP contribution in [0.3, 0.4) is 0 Å². The van der Waals surface area contributed by atoms with E-state index in [1.165, 1.54) is 24.3 Å². The van der Waals surface area contributed by atoms with Crippen LogP contribution in [0.5, 0.6) is 0 Å². The maximum absolute atomic E-state index is 12.8. The van der Waals surface area contributed by atoms with Crippen molar-refractivity contribution in [1.29, 1.82) is 0 Å². The lowest BCUT2D eigenvalue weighted by Crippen LogP contribution is -2.45. The lowest BCUT2D eigenvalue weighted by molar-refractivity contribution is -0.199. The predicted octanol–water partition coefficient (Wildman–Crippen LogP) is 3.10. The average Bonchev–Trinajstić information content (AvgIpc) is 3.20. The molecule has 2 aromatic rings. The lowest BCUT2D eigenvalue weighted by Gasteiger charge is -2.20. The molecule has 0 unspecified atom stereocenters. The molecule has 1 fully saturated rings. The van der Waals surface area contributed by atoms with Gasteiger partial charge in [0.15, 0.2) is 5.78 Å². The molecule has 1 atom stereocenters. The highest BCUT2D eigenvalue weighted by Crippen LogP contribution is 2.15. The molecular weight excluding hydrogens is 454 g/mol. The zero-order valence-corrected chi connectivity index (χ0v) is 18.8. The molecule has 0 radical (unpaired) electrons. The fourth-order valence-corrected chi connectivity index (χ4v) is 3.41. The molecule has 1 aliphatic heterocycles. The fourth-order valence-electron chi connectivity index (χ4n) is 3.41. The zero-order valence-electron chi connectivity index (χ0n) is 18.8. The van der Waals surface area contributed by atoms with E-state index in [0.717, 1.165) is 0 Å². The summed E-state index contributed by atoms with van der Waals surface area (Å²) in [6, 6.07) is 13.5. The van der Waals surface area contributed by atoms with Crippen molar-refractivity contribution in [3.63, 3.8) is 0 Å². The van der Waals surface area contributed by atoms with Crippen LogP contribution in [-0.2, 0) is 19.2 Å². The monoisotopic (exact) mass is 477 g/mol. The van der Waals surface area contributed by atoms with Crippen LogP contribution in [0.4, 0.5) is 0 Å². The van der Waals surface area contributed by atoms with Gasteiger partial charge in [-0.15, -0.1) is 5.06 Å². The summed E-state index contributed by atoms with van der Waals surface area (Å²) in [5.74, 6) is -3.01. The summed E-state index contributed by atoms with van der Waals surface area (Å²) >= 11 is 0. The minimum Gasteiger partial charge on any atom is -0.339 e. The van der Waals surface area contributed by atoms with E-state index < -0.39 is 29.7 Å². The smallest absolute Gasteiger partial charge is 0.339 e. The number of carbonyl (C=O) groups excluding carboxylic acids is 5. The number of azide groups is 1. The van der Waals surface area contributed by atoms with Crippen LogP contribution >= 0.6 is 0 Å². The SMILES string of the molecule is [N-]=[N+]=NCCCC[C@H](NC(=O)c1ccc(C(=O)c2ccccc2)cc1)C(=O)ON1C(=O)CCC1=O. The number of nitrogens with zero attached hydrogens (tertiary/aromatic N) is 4. The van der Waals surface area contributed by atoms with Gasteiger partial charge in [0.25, 0.3) is 17.7 Å². The summed E-state index contributed by atoms with van der Waals surface area (Å²) in [5, 5.41) is 6.40. The second kappa shape index (κ2) is 12.1. The third-order valence-electron chi connectivity index (χ3n) is 5.29. The topological polar surface area (TPSA) is 159 Å². The Kier molecular flexibility index (Phi) is 8.69. The van der Waals surface area contributed by atoms with Gasteiger partial charge in [-0.1, -0.05) is 54.0 Å². The van der Waals surface area contributed by atoms with Crippen LogP contribution in [0.15, 0.2) is 59.7 Å². The molecule has 11 nitrogen and oxygen atoms in total. The number of nitrogens with one attached hydrogen (secondary N) is 1. The summed E-state index contributed by atoms with van der Waals surface area (Å²) in [6.07, 6.45) is 0.895. The second-order valence-electron chi connectivity index (χ2n) is 7.74. The summed E-state index contributed by atoms with van der Waals surface area (Å²) in [5.41, 5.74) is 9.49. The maximum Gasteiger partial charge on any atom is 0.355 e. The van der Waals surface area contributed by atoms with Crippen LogP contribution in [-0.4, -0.2) is 47.1 Å². The number of rotatable bonds is 11. The molecule has 180 valence electrons.